The van der Waals surface area contributed by atoms with E-state index in [2.05, 4.69) is 11.4 Å². The molecule has 0 spiro atoms. The first-order valence-electron chi connectivity index (χ1n) is 5.69. The molecule has 1 saturated heterocycles. The summed E-state index contributed by atoms with van der Waals surface area (Å²) in [6.07, 6.45) is 0. The van der Waals surface area contributed by atoms with Gasteiger partial charge < -0.3 is 10.2 Å². The van der Waals surface area contributed by atoms with Crippen LogP contribution in [-0.2, 0) is 4.79 Å². The van der Waals surface area contributed by atoms with Gasteiger partial charge in [0.15, 0.2) is 0 Å². The number of nitriles is 1. The minimum absolute atomic E-state index is 0.00828. The molecule has 4 heteroatoms. The molecule has 1 fully saturated rings. The highest BCUT2D eigenvalue weighted by molar-refractivity contribution is 5.80. The first-order valence-corrected chi connectivity index (χ1v) is 5.69. The van der Waals surface area contributed by atoms with Crippen molar-refractivity contribution in [2.75, 3.05) is 19.6 Å². The van der Waals surface area contributed by atoms with Crippen LogP contribution < -0.4 is 5.32 Å². The molecule has 1 aliphatic rings. The van der Waals surface area contributed by atoms with E-state index < -0.39 is 6.04 Å². The summed E-state index contributed by atoms with van der Waals surface area (Å²) >= 11 is 0. The van der Waals surface area contributed by atoms with E-state index in [4.69, 9.17) is 0 Å². The maximum absolute atomic E-state index is 11.8. The van der Waals surface area contributed by atoms with Gasteiger partial charge in [-0.25, -0.2) is 0 Å². The van der Waals surface area contributed by atoms with Crippen LogP contribution in [0.1, 0.15) is 17.2 Å². The standard InChI is InChI=1S/C13H15N3O/c1-10-4-2-3-5-11(10)12(8-14)16-7-6-15-9-13(16)17/h2-5,12,15H,6-7,9H2,1H3. The molecule has 0 saturated carbocycles. The van der Waals surface area contributed by atoms with E-state index in [9.17, 15) is 10.1 Å². The van der Waals surface area contributed by atoms with Crippen molar-refractivity contribution in [3.05, 3.63) is 35.4 Å². The van der Waals surface area contributed by atoms with Crippen molar-refractivity contribution in [3.8, 4) is 6.07 Å². The van der Waals surface area contributed by atoms with Crippen LogP contribution in [0, 0.1) is 18.3 Å². The first-order chi connectivity index (χ1) is 8.24. The molecule has 88 valence electrons. The Morgan fingerprint density at radius 2 is 2.24 bits per heavy atom. The number of benzene rings is 1. The lowest BCUT2D eigenvalue weighted by atomic mass is 10.0. The van der Waals surface area contributed by atoms with E-state index in [1.54, 1.807) is 4.90 Å². The summed E-state index contributed by atoms with van der Waals surface area (Å²) in [7, 11) is 0. The van der Waals surface area contributed by atoms with Crippen LogP contribution >= 0.6 is 0 Å². The molecule has 1 aromatic carbocycles. The van der Waals surface area contributed by atoms with Gasteiger partial charge >= 0.3 is 0 Å². The lowest BCUT2D eigenvalue weighted by molar-refractivity contribution is -0.133. The van der Waals surface area contributed by atoms with Crippen LogP contribution in [0.15, 0.2) is 24.3 Å². The summed E-state index contributed by atoms with van der Waals surface area (Å²) in [5.41, 5.74) is 1.97. The van der Waals surface area contributed by atoms with Gasteiger partial charge in [-0.15, -0.1) is 0 Å². The molecule has 17 heavy (non-hydrogen) atoms. The largest absolute Gasteiger partial charge is 0.320 e. The van der Waals surface area contributed by atoms with E-state index >= 15 is 0 Å². The summed E-state index contributed by atoms with van der Waals surface area (Å²) in [6.45, 7) is 3.62. The van der Waals surface area contributed by atoms with Gasteiger partial charge in [0.25, 0.3) is 0 Å². The summed E-state index contributed by atoms with van der Waals surface area (Å²) in [4.78, 5) is 13.4. The van der Waals surface area contributed by atoms with Crippen molar-refractivity contribution in [3.63, 3.8) is 0 Å². The number of nitrogens with one attached hydrogen (secondary N) is 1. The van der Waals surface area contributed by atoms with Crippen molar-refractivity contribution in [1.82, 2.24) is 10.2 Å². The Labute approximate surface area is 101 Å². The van der Waals surface area contributed by atoms with Crippen molar-refractivity contribution in [1.29, 1.82) is 5.26 Å². The molecule has 1 N–H and O–H groups in total. The Morgan fingerprint density at radius 1 is 1.47 bits per heavy atom. The highest BCUT2D eigenvalue weighted by Gasteiger charge is 2.27. The van der Waals surface area contributed by atoms with Crippen molar-refractivity contribution < 1.29 is 4.79 Å². The average molecular weight is 229 g/mol. The summed E-state index contributed by atoms with van der Waals surface area (Å²) in [5, 5.41) is 12.3. The second kappa shape index (κ2) is 4.98. The molecule has 1 atom stereocenters. The molecule has 2 rings (SSSR count). The molecular formula is C13H15N3O. The highest BCUT2D eigenvalue weighted by Crippen LogP contribution is 2.23. The molecule has 1 aromatic rings. The Kier molecular flexibility index (Phi) is 3.40. The fourth-order valence-corrected chi connectivity index (χ4v) is 2.09. The maximum Gasteiger partial charge on any atom is 0.237 e. The number of piperazine rings is 1. The SMILES string of the molecule is Cc1ccccc1C(C#N)N1CCNCC1=O. The Balaban J connectivity index is 2.31. The van der Waals surface area contributed by atoms with E-state index in [0.717, 1.165) is 17.7 Å². The van der Waals surface area contributed by atoms with E-state index in [-0.39, 0.29) is 5.91 Å². The van der Waals surface area contributed by atoms with E-state index in [1.165, 1.54) is 0 Å². The molecule has 0 radical (unpaired) electrons. The van der Waals surface area contributed by atoms with Gasteiger partial charge in [-0.3, -0.25) is 4.79 Å². The molecule has 1 amide bonds. The summed E-state index contributed by atoms with van der Waals surface area (Å²) in [5.74, 6) is -0.00828. The first kappa shape index (κ1) is 11.6. The maximum atomic E-state index is 11.8. The molecular weight excluding hydrogens is 214 g/mol. The van der Waals surface area contributed by atoms with Crippen LogP contribution in [0.5, 0.6) is 0 Å². The van der Waals surface area contributed by atoms with Crippen LogP contribution in [0.2, 0.25) is 0 Å². The molecule has 0 bridgehead atoms. The minimum atomic E-state index is -0.467. The Morgan fingerprint density at radius 3 is 2.88 bits per heavy atom. The number of rotatable bonds is 2. The zero-order valence-corrected chi connectivity index (χ0v) is 9.81. The number of hydrogen-bond acceptors (Lipinski definition) is 3. The Bertz CT molecular complexity index is 464. The third-order valence-electron chi connectivity index (χ3n) is 3.04. The van der Waals surface area contributed by atoms with Gasteiger partial charge in [-0.05, 0) is 18.1 Å². The predicted molar refractivity (Wildman–Crippen MR) is 64.1 cm³/mol. The van der Waals surface area contributed by atoms with Gasteiger partial charge in [0.2, 0.25) is 5.91 Å². The molecule has 0 aliphatic carbocycles. The molecule has 4 nitrogen and oxygen atoms in total. The zero-order valence-electron chi connectivity index (χ0n) is 9.81. The zero-order chi connectivity index (χ0) is 12.3. The third kappa shape index (κ3) is 2.29. The number of carbonyl (C=O) groups excluding carboxylic acids is 1. The second-order valence-corrected chi connectivity index (χ2v) is 4.15. The van der Waals surface area contributed by atoms with Crippen molar-refractivity contribution >= 4 is 5.91 Å². The molecule has 0 aromatic heterocycles. The smallest absolute Gasteiger partial charge is 0.237 e. The normalized spacial score (nSPS) is 17.6. The monoisotopic (exact) mass is 229 g/mol. The lowest BCUT2D eigenvalue weighted by Gasteiger charge is -2.32. The molecule has 1 heterocycles. The van der Waals surface area contributed by atoms with Crippen molar-refractivity contribution in [2.24, 2.45) is 0 Å². The molecule has 1 unspecified atom stereocenters. The van der Waals surface area contributed by atoms with E-state index in [0.29, 0.717) is 13.1 Å². The third-order valence-corrected chi connectivity index (χ3v) is 3.04. The topological polar surface area (TPSA) is 56.1 Å². The summed E-state index contributed by atoms with van der Waals surface area (Å²) < 4.78 is 0. The van der Waals surface area contributed by atoms with Gasteiger partial charge in [0.1, 0.15) is 6.04 Å². The van der Waals surface area contributed by atoms with Crippen molar-refractivity contribution in [2.45, 2.75) is 13.0 Å². The fourth-order valence-electron chi connectivity index (χ4n) is 2.09. The van der Waals surface area contributed by atoms with Gasteiger partial charge in [0, 0.05) is 13.1 Å². The van der Waals surface area contributed by atoms with Gasteiger partial charge in [0.05, 0.1) is 12.6 Å². The van der Waals surface area contributed by atoms with Gasteiger partial charge in [-0.2, -0.15) is 5.26 Å². The Hall–Kier alpha value is -1.86. The fraction of sp³-hybridized carbons (Fsp3) is 0.385. The number of aryl methyl sites for hydroxylation is 1. The van der Waals surface area contributed by atoms with Crippen LogP contribution in [0.3, 0.4) is 0 Å². The number of nitrogens with zero attached hydrogens (tertiary/aromatic N) is 2. The quantitative estimate of drug-likeness (QED) is 0.822. The highest BCUT2D eigenvalue weighted by atomic mass is 16.2. The average Bonchev–Trinajstić information content (AvgIpc) is 2.34. The lowest BCUT2D eigenvalue weighted by Crippen LogP contribution is -2.49. The van der Waals surface area contributed by atoms with Crippen LogP contribution in [0.4, 0.5) is 0 Å². The number of carbonyl (C=O) groups is 1. The van der Waals surface area contributed by atoms with Gasteiger partial charge in [-0.1, -0.05) is 24.3 Å². The minimum Gasteiger partial charge on any atom is -0.320 e. The second-order valence-electron chi connectivity index (χ2n) is 4.15. The predicted octanol–water partition coefficient (Wildman–Crippen LogP) is 0.991. The number of hydrogen-bond donors (Lipinski definition) is 1. The number of amides is 1. The van der Waals surface area contributed by atoms with E-state index in [1.807, 2.05) is 31.2 Å². The molecule has 1 aliphatic heterocycles. The van der Waals surface area contributed by atoms with Crippen LogP contribution in [-0.4, -0.2) is 30.4 Å². The summed E-state index contributed by atoms with van der Waals surface area (Å²) in [6, 6.07) is 9.49. The van der Waals surface area contributed by atoms with Crippen LogP contribution in [0.25, 0.3) is 0 Å².